The Morgan fingerprint density at radius 3 is 2.07 bits per heavy atom. The average Bonchev–Trinajstić information content (AvgIpc) is 2.91. The van der Waals surface area contributed by atoms with Crippen LogP contribution in [0.4, 0.5) is 0 Å². The molecule has 0 radical (unpaired) electrons. The van der Waals surface area contributed by atoms with E-state index < -0.39 is 81.6 Å². The fraction of sp³-hybridized carbons (Fsp3) is 0.310. The van der Waals surface area contributed by atoms with E-state index in [2.05, 4.69) is 0 Å². The molecule has 0 bridgehead atoms. The van der Waals surface area contributed by atoms with Gasteiger partial charge >= 0.3 is 5.97 Å². The lowest BCUT2D eigenvalue weighted by Crippen LogP contribution is -2.70. The van der Waals surface area contributed by atoms with Gasteiger partial charge in [0.25, 0.3) is 5.91 Å². The maximum Gasteiger partial charge on any atom is 0.335 e. The number of rotatable bonds is 3. The van der Waals surface area contributed by atoms with E-state index in [0.29, 0.717) is 11.1 Å². The first-order valence-electron chi connectivity index (χ1n) is 12.6. The van der Waals surface area contributed by atoms with Crippen molar-refractivity contribution in [2.75, 3.05) is 14.1 Å². The number of primary amides is 1. The molecule has 224 valence electrons. The van der Waals surface area contributed by atoms with Gasteiger partial charge < -0.3 is 41.8 Å². The molecule has 2 aromatic carbocycles. The van der Waals surface area contributed by atoms with Crippen LogP contribution < -0.4 is 5.73 Å². The van der Waals surface area contributed by atoms with Crippen LogP contribution in [0.25, 0.3) is 5.76 Å². The van der Waals surface area contributed by atoms with Crippen LogP contribution in [0.1, 0.15) is 34.3 Å². The van der Waals surface area contributed by atoms with Gasteiger partial charge in [-0.1, -0.05) is 37.3 Å². The minimum Gasteiger partial charge on any atom is -0.508 e. The number of nitrogens with two attached hydrogens (primary N) is 1. The maximum absolute atomic E-state index is 13.7. The number of ketones is 2. The molecule has 1 saturated carbocycles. The van der Waals surface area contributed by atoms with Crippen molar-refractivity contribution in [3.8, 4) is 5.75 Å². The third-order valence-electron chi connectivity index (χ3n) is 8.01. The van der Waals surface area contributed by atoms with E-state index in [0.717, 1.165) is 0 Å². The third-order valence-corrected chi connectivity index (χ3v) is 8.01. The zero-order valence-electron chi connectivity index (χ0n) is 22.8. The van der Waals surface area contributed by atoms with Gasteiger partial charge in [0, 0.05) is 11.5 Å². The van der Waals surface area contributed by atoms with Crippen molar-refractivity contribution in [1.29, 1.82) is 0 Å². The van der Waals surface area contributed by atoms with E-state index in [1.54, 1.807) is 49.4 Å². The van der Waals surface area contributed by atoms with Crippen molar-refractivity contribution >= 4 is 29.2 Å². The van der Waals surface area contributed by atoms with Gasteiger partial charge in [0.2, 0.25) is 5.78 Å². The quantitative estimate of drug-likeness (QED) is 0.237. The Balaban J connectivity index is 0.000000415. The van der Waals surface area contributed by atoms with Gasteiger partial charge in [-0.25, -0.2) is 4.79 Å². The summed E-state index contributed by atoms with van der Waals surface area (Å²) in [4.78, 5) is 50.2. The molecule has 0 aliphatic heterocycles. The first-order chi connectivity index (χ1) is 19.2. The lowest BCUT2D eigenvalue weighted by Gasteiger charge is -2.53. The number of likely N-dealkylation sites (N-methyl/N-ethyl adjacent to an activating group) is 1. The van der Waals surface area contributed by atoms with Crippen molar-refractivity contribution in [2.24, 2.45) is 17.6 Å². The highest BCUT2D eigenvalue weighted by Gasteiger charge is 2.68. The number of phenols is 1. The fourth-order valence-electron chi connectivity index (χ4n) is 6.16. The second-order valence-electron chi connectivity index (χ2n) is 10.5. The van der Waals surface area contributed by atoms with Gasteiger partial charge in [0.15, 0.2) is 11.4 Å². The molecule has 0 unspecified atom stereocenters. The normalized spacial score (nSPS) is 28.1. The Morgan fingerprint density at radius 2 is 1.57 bits per heavy atom. The van der Waals surface area contributed by atoms with Crippen molar-refractivity contribution in [3.63, 3.8) is 0 Å². The predicted molar refractivity (Wildman–Crippen MR) is 147 cm³/mol. The molecule has 6 atom stereocenters. The average molecular weight is 585 g/mol. The molecule has 0 saturated heterocycles. The largest absolute Gasteiger partial charge is 0.508 e. The van der Waals surface area contributed by atoms with Crippen LogP contribution in [0.2, 0.25) is 0 Å². The highest BCUT2D eigenvalue weighted by atomic mass is 16.4. The molecule has 5 rings (SSSR count). The fourth-order valence-corrected chi connectivity index (χ4v) is 6.16. The van der Waals surface area contributed by atoms with Gasteiger partial charge in [-0.05, 0) is 43.8 Å². The summed E-state index contributed by atoms with van der Waals surface area (Å²) in [5.74, 6) is -9.75. The molecule has 0 heterocycles. The van der Waals surface area contributed by atoms with Crippen LogP contribution in [-0.4, -0.2) is 96.3 Å². The number of hydrogen-bond donors (Lipinski definition) is 7. The topological polar surface area (TPSA) is 250 Å². The molecule has 0 aromatic heterocycles. The minimum absolute atomic E-state index is 0. The van der Waals surface area contributed by atoms with Crippen molar-refractivity contribution in [3.05, 3.63) is 82.1 Å². The number of hydrogen-bond acceptors (Lipinski definition) is 10. The Hall–Kier alpha value is -4.56. The van der Waals surface area contributed by atoms with Gasteiger partial charge in [-0.15, -0.1) is 0 Å². The van der Waals surface area contributed by atoms with Gasteiger partial charge in [0.1, 0.15) is 22.8 Å². The number of aromatic hydroxyl groups is 1. The van der Waals surface area contributed by atoms with Gasteiger partial charge in [-0.2, -0.15) is 0 Å². The number of aliphatic hydroxyl groups is 4. The number of carboxylic acid groups (broad SMARTS) is 1. The number of Topliss-reactive ketones (excluding diaryl/α,β-unsaturated/α-hetero) is 2. The van der Waals surface area contributed by atoms with E-state index in [4.69, 9.17) is 10.8 Å². The molecule has 3 aliphatic rings. The SMILES string of the molecule is C[C@H]1c2cccc(O)c2C(O)=C2C(=O)[C@]3(O)C(O)=C(C(N)=O)C(=O)[C@@H](N(C)C)[C@@H]3[C@@H](O)[C@@H]21.O.O=C(O)c1ccccc1. The molecule has 2 aromatic rings. The molecule has 1 amide bonds. The summed E-state index contributed by atoms with van der Waals surface area (Å²) < 4.78 is 0. The Morgan fingerprint density at radius 1 is 0.976 bits per heavy atom. The summed E-state index contributed by atoms with van der Waals surface area (Å²) in [5, 5.41) is 63.3. The summed E-state index contributed by atoms with van der Waals surface area (Å²) in [6.45, 7) is 1.68. The van der Waals surface area contributed by atoms with E-state index in [1.807, 2.05) is 0 Å². The van der Waals surface area contributed by atoms with Crippen molar-refractivity contribution in [2.45, 2.75) is 30.6 Å². The number of aromatic carboxylic acids is 1. The first kappa shape index (κ1) is 32.0. The lowest BCUT2D eigenvalue weighted by molar-refractivity contribution is -0.169. The summed E-state index contributed by atoms with van der Waals surface area (Å²) in [5.41, 5.74) is 1.80. The van der Waals surface area contributed by atoms with Crippen LogP contribution in [0.3, 0.4) is 0 Å². The second-order valence-corrected chi connectivity index (χ2v) is 10.5. The number of carbonyl (C=O) groups is 4. The second kappa shape index (κ2) is 11.4. The number of benzene rings is 2. The monoisotopic (exact) mass is 584 g/mol. The summed E-state index contributed by atoms with van der Waals surface area (Å²) >= 11 is 0. The smallest absolute Gasteiger partial charge is 0.335 e. The van der Waals surface area contributed by atoms with Crippen molar-refractivity contribution in [1.82, 2.24) is 4.90 Å². The number of nitrogens with zero attached hydrogens (tertiary/aromatic N) is 1. The Bertz CT molecular complexity index is 1510. The van der Waals surface area contributed by atoms with Crippen LogP contribution in [0.5, 0.6) is 5.75 Å². The van der Waals surface area contributed by atoms with Gasteiger partial charge in [0.05, 0.1) is 29.2 Å². The molecule has 42 heavy (non-hydrogen) atoms. The molecule has 10 N–H and O–H groups in total. The molecular formula is C29H32N2O11. The molecule has 0 spiro atoms. The Labute approximate surface area is 239 Å². The highest BCUT2D eigenvalue weighted by molar-refractivity contribution is 6.24. The van der Waals surface area contributed by atoms with Crippen LogP contribution in [0, 0.1) is 11.8 Å². The zero-order valence-corrected chi connectivity index (χ0v) is 22.8. The minimum atomic E-state index is -2.89. The van der Waals surface area contributed by atoms with Crippen LogP contribution in [0.15, 0.2) is 65.4 Å². The first-order valence-corrected chi connectivity index (χ1v) is 12.6. The van der Waals surface area contributed by atoms with E-state index in [1.165, 1.54) is 25.1 Å². The summed E-state index contributed by atoms with van der Waals surface area (Å²) in [6, 6.07) is 11.4. The number of carbonyl (C=O) groups excluding carboxylic acids is 3. The van der Waals surface area contributed by atoms with Crippen molar-refractivity contribution < 1.29 is 55.3 Å². The molecule has 13 nitrogen and oxygen atoms in total. The molecule has 3 aliphatic carbocycles. The zero-order chi connectivity index (χ0) is 30.5. The number of aliphatic hydroxyl groups excluding tert-OH is 3. The van der Waals surface area contributed by atoms with Crippen LogP contribution in [-0.2, 0) is 14.4 Å². The number of phenolic OH excluding ortho intramolecular Hbond substituents is 1. The maximum atomic E-state index is 13.7. The standard InChI is InChI=1S/C22H24N2O8.C7H6O2.H2O/c1-7-8-5-4-6-9(25)11(8)16(26)12-10(7)17(27)14-15(24(2)3)18(28)13(21(23)31)20(30)22(14,32)19(12)29;8-7(9)6-4-2-1-3-5-6;/h4-7,10,14-15,17,25-27,30,32H,1-3H3,(H2,23,31);1-5H,(H,8,9);1H2/t7-,10+,14+,15-,17-,22-;;/m0../s1. The molecular weight excluding hydrogens is 552 g/mol. The Kier molecular flexibility index (Phi) is 8.65. The molecule has 1 fully saturated rings. The number of carboxylic acids is 1. The van der Waals surface area contributed by atoms with E-state index in [-0.39, 0.29) is 16.8 Å². The van der Waals surface area contributed by atoms with Gasteiger partial charge in [-0.3, -0.25) is 19.3 Å². The molecule has 13 heteroatoms. The van der Waals surface area contributed by atoms with Crippen LogP contribution >= 0.6 is 0 Å². The summed E-state index contributed by atoms with van der Waals surface area (Å²) in [6.07, 6.45) is -1.59. The van der Waals surface area contributed by atoms with E-state index in [9.17, 15) is 44.7 Å². The lowest BCUT2D eigenvalue weighted by atomic mass is 9.54. The highest BCUT2D eigenvalue weighted by Crippen LogP contribution is 2.55. The third kappa shape index (κ3) is 4.61. The predicted octanol–water partition coefficient (Wildman–Crippen LogP) is 0.0559. The number of amides is 1. The van der Waals surface area contributed by atoms with E-state index >= 15 is 0 Å². The number of fused-ring (bicyclic) bond motifs is 3. The summed E-state index contributed by atoms with van der Waals surface area (Å²) in [7, 11) is 2.92.